The second kappa shape index (κ2) is 7.85. The van der Waals surface area contributed by atoms with Gasteiger partial charge in [-0.05, 0) is 49.5 Å². The largest absolute Gasteiger partial charge is 0.330 e. The molecule has 17 heavy (non-hydrogen) atoms. The first-order valence-corrected chi connectivity index (χ1v) is 7.08. The maximum atomic E-state index is 5.74. The molecule has 1 aromatic rings. The highest BCUT2D eigenvalue weighted by Crippen LogP contribution is 2.15. The van der Waals surface area contributed by atoms with Gasteiger partial charge in [0, 0.05) is 4.47 Å². The smallest absolute Gasteiger partial charge is 0.0207 e. The van der Waals surface area contributed by atoms with Gasteiger partial charge in [0.1, 0.15) is 0 Å². The number of benzene rings is 1. The molecule has 0 aliphatic heterocycles. The van der Waals surface area contributed by atoms with Gasteiger partial charge in [-0.15, -0.1) is 0 Å². The van der Waals surface area contributed by atoms with Crippen LogP contribution >= 0.6 is 15.9 Å². The van der Waals surface area contributed by atoms with Crippen LogP contribution in [0, 0.1) is 11.8 Å². The molecule has 0 amide bonds. The van der Waals surface area contributed by atoms with Gasteiger partial charge in [0.2, 0.25) is 0 Å². The van der Waals surface area contributed by atoms with Crippen molar-refractivity contribution in [2.45, 2.75) is 20.3 Å². The molecule has 1 rings (SSSR count). The first kappa shape index (κ1) is 14.7. The van der Waals surface area contributed by atoms with E-state index in [-0.39, 0.29) is 0 Å². The predicted octanol–water partition coefficient (Wildman–Crippen LogP) is 2.81. The Labute approximate surface area is 113 Å². The number of hydrogen-bond donors (Lipinski definition) is 2. The number of halogens is 1. The molecule has 0 saturated carbocycles. The van der Waals surface area contributed by atoms with Gasteiger partial charge >= 0.3 is 0 Å². The summed E-state index contributed by atoms with van der Waals surface area (Å²) in [5.41, 5.74) is 7.10. The molecule has 96 valence electrons. The normalized spacial score (nSPS) is 13.0. The summed E-state index contributed by atoms with van der Waals surface area (Å²) < 4.78 is 1.20. The minimum absolute atomic E-state index is 0.578. The van der Waals surface area contributed by atoms with Crippen molar-refractivity contribution in [2.75, 3.05) is 19.6 Å². The molecule has 1 unspecified atom stereocenters. The molecule has 0 saturated heterocycles. The summed E-state index contributed by atoms with van der Waals surface area (Å²) in [6.07, 6.45) is 1.05. The minimum Gasteiger partial charge on any atom is -0.330 e. The first-order chi connectivity index (χ1) is 8.15. The van der Waals surface area contributed by atoms with Gasteiger partial charge in [-0.1, -0.05) is 48.0 Å². The van der Waals surface area contributed by atoms with E-state index < -0.39 is 0 Å². The van der Waals surface area contributed by atoms with Crippen LogP contribution in [0.25, 0.3) is 0 Å². The van der Waals surface area contributed by atoms with E-state index in [0.717, 1.165) is 26.1 Å². The van der Waals surface area contributed by atoms with Crippen molar-refractivity contribution in [3.05, 3.63) is 34.3 Å². The lowest BCUT2D eigenvalue weighted by Crippen LogP contribution is -2.32. The van der Waals surface area contributed by atoms with Crippen LogP contribution in [0.4, 0.5) is 0 Å². The zero-order valence-electron chi connectivity index (χ0n) is 10.7. The van der Waals surface area contributed by atoms with Crippen molar-refractivity contribution >= 4 is 15.9 Å². The molecule has 0 heterocycles. The molecule has 0 aliphatic carbocycles. The zero-order chi connectivity index (χ0) is 12.7. The standard InChI is InChI=1S/C14H23BrN2/c1-11(2)13(9-16)10-17-8-7-12-5-3-4-6-14(12)15/h3-6,11,13,17H,7-10,16H2,1-2H3. The fourth-order valence-corrected chi connectivity index (χ4v) is 2.29. The summed E-state index contributed by atoms with van der Waals surface area (Å²) in [7, 11) is 0. The Bertz CT molecular complexity index is 326. The summed E-state index contributed by atoms with van der Waals surface area (Å²) in [6.45, 7) is 7.24. The molecule has 0 radical (unpaired) electrons. The van der Waals surface area contributed by atoms with Gasteiger partial charge in [0.25, 0.3) is 0 Å². The second-order valence-electron chi connectivity index (χ2n) is 4.79. The molecule has 2 nitrogen and oxygen atoms in total. The van der Waals surface area contributed by atoms with Crippen LogP contribution in [-0.2, 0) is 6.42 Å². The number of nitrogens with two attached hydrogens (primary N) is 1. The van der Waals surface area contributed by atoms with Gasteiger partial charge in [-0.3, -0.25) is 0 Å². The lowest BCUT2D eigenvalue weighted by atomic mass is 9.96. The van der Waals surface area contributed by atoms with Crippen LogP contribution in [0.15, 0.2) is 28.7 Å². The van der Waals surface area contributed by atoms with Crippen molar-refractivity contribution in [1.29, 1.82) is 0 Å². The highest BCUT2D eigenvalue weighted by Gasteiger charge is 2.10. The van der Waals surface area contributed by atoms with E-state index in [4.69, 9.17) is 5.73 Å². The molecular weight excluding hydrogens is 276 g/mol. The maximum Gasteiger partial charge on any atom is 0.0207 e. The van der Waals surface area contributed by atoms with E-state index in [1.54, 1.807) is 0 Å². The molecule has 0 aliphatic rings. The summed E-state index contributed by atoms with van der Waals surface area (Å²) in [6, 6.07) is 8.38. The van der Waals surface area contributed by atoms with Crippen LogP contribution < -0.4 is 11.1 Å². The van der Waals surface area contributed by atoms with Crippen molar-refractivity contribution < 1.29 is 0 Å². The first-order valence-electron chi connectivity index (χ1n) is 6.29. The monoisotopic (exact) mass is 298 g/mol. The summed E-state index contributed by atoms with van der Waals surface area (Å²) >= 11 is 3.57. The topological polar surface area (TPSA) is 38.0 Å². The maximum absolute atomic E-state index is 5.74. The Balaban J connectivity index is 2.27. The van der Waals surface area contributed by atoms with Gasteiger partial charge < -0.3 is 11.1 Å². The predicted molar refractivity (Wildman–Crippen MR) is 78.1 cm³/mol. The van der Waals surface area contributed by atoms with E-state index >= 15 is 0 Å². The van der Waals surface area contributed by atoms with E-state index in [1.807, 2.05) is 6.07 Å². The van der Waals surface area contributed by atoms with Crippen LogP contribution in [0.1, 0.15) is 19.4 Å². The summed E-state index contributed by atoms with van der Waals surface area (Å²) in [5, 5.41) is 3.49. The van der Waals surface area contributed by atoms with Gasteiger partial charge in [0.05, 0.1) is 0 Å². The van der Waals surface area contributed by atoms with Gasteiger partial charge in [-0.25, -0.2) is 0 Å². The van der Waals surface area contributed by atoms with Gasteiger partial charge in [0.15, 0.2) is 0 Å². The quantitative estimate of drug-likeness (QED) is 0.760. The second-order valence-corrected chi connectivity index (χ2v) is 5.64. The molecule has 1 atom stereocenters. The van der Waals surface area contributed by atoms with Crippen LogP contribution in [0.5, 0.6) is 0 Å². The fourth-order valence-electron chi connectivity index (χ4n) is 1.80. The van der Waals surface area contributed by atoms with Crippen LogP contribution in [0.2, 0.25) is 0 Å². The van der Waals surface area contributed by atoms with Crippen LogP contribution in [0.3, 0.4) is 0 Å². The Hall–Kier alpha value is -0.380. The molecule has 0 bridgehead atoms. The summed E-state index contributed by atoms with van der Waals surface area (Å²) in [4.78, 5) is 0. The molecule has 3 heteroatoms. The zero-order valence-corrected chi connectivity index (χ0v) is 12.3. The SMILES string of the molecule is CC(C)C(CN)CNCCc1ccccc1Br. The highest BCUT2D eigenvalue weighted by atomic mass is 79.9. The molecule has 1 aromatic carbocycles. The third-order valence-corrected chi connectivity index (χ3v) is 3.95. The average Bonchev–Trinajstić information content (AvgIpc) is 2.31. The Morgan fingerprint density at radius 1 is 1.29 bits per heavy atom. The van der Waals surface area contributed by atoms with Crippen molar-refractivity contribution in [3.63, 3.8) is 0 Å². The van der Waals surface area contributed by atoms with Crippen LogP contribution in [-0.4, -0.2) is 19.6 Å². The molecule has 0 fully saturated rings. The van der Waals surface area contributed by atoms with Crippen molar-refractivity contribution in [1.82, 2.24) is 5.32 Å². The third-order valence-electron chi connectivity index (χ3n) is 3.18. The van der Waals surface area contributed by atoms with E-state index in [1.165, 1.54) is 10.0 Å². The van der Waals surface area contributed by atoms with E-state index in [2.05, 4.69) is 53.3 Å². The molecular formula is C14H23BrN2. The number of nitrogens with one attached hydrogen (secondary N) is 1. The Kier molecular flexibility index (Phi) is 6.78. The lowest BCUT2D eigenvalue weighted by molar-refractivity contribution is 0.372. The lowest BCUT2D eigenvalue weighted by Gasteiger charge is -2.19. The van der Waals surface area contributed by atoms with E-state index in [9.17, 15) is 0 Å². The van der Waals surface area contributed by atoms with Crippen molar-refractivity contribution in [2.24, 2.45) is 17.6 Å². The summed E-state index contributed by atoms with van der Waals surface area (Å²) in [5.74, 6) is 1.23. The average molecular weight is 299 g/mol. The Morgan fingerprint density at radius 2 is 2.00 bits per heavy atom. The Morgan fingerprint density at radius 3 is 2.59 bits per heavy atom. The molecule has 0 aromatic heterocycles. The molecule has 0 spiro atoms. The third kappa shape index (κ3) is 5.19. The van der Waals surface area contributed by atoms with E-state index in [0.29, 0.717) is 11.8 Å². The molecule has 3 N–H and O–H groups in total. The van der Waals surface area contributed by atoms with Gasteiger partial charge in [-0.2, -0.15) is 0 Å². The fraction of sp³-hybridized carbons (Fsp3) is 0.571. The van der Waals surface area contributed by atoms with Crippen molar-refractivity contribution in [3.8, 4) is 0 Å². The number of rotatable bonds is 7. The highest BCUT2D eigenvalue weighted by molar-refractivity contribution is 9.10. The minimum atomic E-state index is 0.578. The number of hydrogen-bond acceptors (Lipinski definition) is 2.